The fourth-order valence-corrected chi connectivity index (χ4v) is 3.66. The minimum atomic E-state index is -1.39. The molecule has 1 heterocycles. The minimum absolute atomic E-state index is 0.0417. The Labute approximate surface area is 212 Å². The molecule has 0 spiro atoms. The van der Waals surface area contributed by atoms with Gasteiger partial charge in [-0.2, -0.15) is 11.8 Å². The number of nitrogens with two attached hydrogens (primary N) is 2. The largest absolute Gasteiger partial charge is 0.481 e. The van der Waals surface area contributed by atoms with Crippen molar-refractivity contribution in [3.63, 3.8) is 0 Å². The Hall–Kier alpha value is -3.17. The lowest BCUT2D eigenvalue weighted by Gasteiger charge is -2.25. The summed E-state index contributed by atoms with van der Waals surface area (Å²) >= 11 is 1.43. The number of aliphatic carboxylic acids is 2. The Bertz CT molecular complexity index is 869. The summed E-state index contributed by atoms with van der Waals surface area (Å²) in [4.78, 5) is 67.6. The molecule has 4 unspecified atom stereocenters. The van der Waals surface area contributed by atoms with Gasteiger partial charge in [-0.05, 0) is 44.2 Å². The number of thioether (sulfide) groups is 1. The van der Waals surface area contributed by atoms with Crippen molar-refractivity contribution >= 4 is 41.4 Å². The van der Waals surface area contributed by atoms with Crippen LogP contribution in [0, 0.1) is 0 Å². The Morgan fingerprint density at radius 1 is 1.00 bits per heavy atom. The topological polar surface area (TPSA) is 243 Å². The molecule has 0 aromatic carbocycles. The zero-order valence-electron chi connectivity index (χ0n) is 20.1. The summed E-state index contributed by atoms with van der Waals surface area (Å²) in [5, 5.41) is 25.8. The number of aromatic nitrogens is 2. The first-order chi connectivity index (χ1) is 17.1. The zero-order chi connectivity index (χ0) is 27.1. The molecule has 10 N–H and O–H groups in total. The summed E-state index contributed by atoms with van der Waals surface area (Å²) in [5.41, 5.74) is 11.6. The fraction of sp³-hybridized carbons (Fsp3) is 0.619. The molecule has 0 bridgehead atoms. The van der Waals surface area contributed by atoms with Crippen LogP contribution < -0.4 is 27.4 Å². The number of carboxylic acid groups (broad SMARTS) is 2. The van der Waals surface area contributed by atoms with Gasteiger partial charge in [0.1, 0.15) is 18.1 Å². The number of imidazole rings is 1. The number of aromatic amines is 1. The van der Waals surface area contributed by atoms with Crippen molar-refractivity contribution in [1.29, 1.82) is 0 Å². The van der Waals surface area contributed by atoms with Gasteiger partial charge >= 0.3 is 11.9 Å². The minimum Gasteiger partial charge on any atom is -0.481 e. The number of nitrogens with one attached hydrogen (secondary N) is 4. The van der Waals surface area contributed by atoms with Crippen LogP contribution in [0.3, 0.4) is 0 Å². The average molecular weight is 530 g/mol. The lowest BCUT2D eigenvalue weighted by atomic mass is 10.1. The summed E-state index contributed by atoms with van der Waals surface area (Å²) in [6.07, 6.45) is 5.40. The van der Waals surface area contributed by atoms with E-state index in [-0.39, 0.29) is 19.3 Å². The second-order valence-electron chi connectivity index (χ2n) is 8.07. The number of hydrogen-bond acceptors (Lipinski definition) is 9. The summed E-state index contributed by atoms with van der Waals surface area (Å²) < 4.78 is 0. The van der Waals surface area contributed by atoms with E-state index < -0.39 is 60.2 Å². The molecule has 0 aliphatic rings. The lowest BCUT2D eigenvalue weighted by molar-refractivity contribution is -0.142. The second kappa shape index (κ2) is 16.5. The van der Waals surface area contributed by atoms with Gasteiger partial charge in [-0.1, -0.05) is 0 Å². The third-order valence-electron chi connectivity index (χ3n) is 5.15. The Morgan fingerprint density at radius 3 is 2.19 bits per heavy atom. The van der Waals surface area contributed by atoms with E-state index in [0.29, 0.717) is 30.8 Å². The molecular formula is C21H35N7O7S. The van der Waals surface area contributed by atoms with E-state index in [2.05, 4.69) is 25.9 Å². The fourth-order valence-electron chi connectivity index (χ4n) is 3.18. The van der Waals surface area contributed by atoms with E-state index in [9.17, 15) is 29.1 Å². The third kappa shape index (κ3) is 11.5. The summed E-state index contributed by atoms with van der Waals surface area (Å²) in [7, 11) is 0. The van der Waals surface area contributed by atoms with Crippen molar-refractivity contribution in [2.75, 3.05) is 18.6 Å². The van der Waals surface area contributed by atoms with Crippen LogP contribution in [0.25, 0.3) is 0 Å². The summed E-state index contributed by atoms with van der Waals surface area (Å²) in [5.74, 6) is -4.23. The highest BCUT2D eigenvalue weighted by Gasteiger charge is 2.30. The van der Waals surface area contributed by atoms with Crippen molar-refractivity contribution in [3.05, 3.63) is 18.2 Å². The van der Waals surface area contributed by atoms with Crippen LogP contribution in [-0.2, 0) is 30.4 Å². The predicted molar refractivity (Wildman–Crippen MR) is 132 cm³/mol. The predicted octanol–water partition coefficient (Wildman–Crippen LogP) is -1.82. The molecule has 1 rings (SSSR count). The van der Waals surface area contributed by atoms with Gasteiger partial charge in [-0.3, -0.25) is 19.2 Å². The molecule has 4 atom stereocenters. The van der Waals surface area contributed by atoms with Gasteiger partial charge in [0.05, 0.1) is 18.8 Å². The van der Waals surface area contributed by atoms with Crippen molar-refractivity contribution in [2.24, 2.45) is 11.5 Å². The average Bonchev–Trinajstić information content (AvgIpc) is 3.33. The third-order valence-corrected chi connectivity index (χ3v) is 5.79. The summed E-state index contributed by atoms with van der Waals surface area (Å²) in [6, 6.07) is -4.83. The molecule has 0 aliphatic carbocycles. The molecule has 1 aromatic heterocycles. The van der Waals surface area contributed by atoms with Gasteiger partial charge < -0.3 is 42.6 Å². The standard InChI is InChI=1S/C21H35N7O7S/c1-36-7-5-15(21(34)35)27-19(32)14(4-2-3-6-22)26-20(33)16(8-12-10-24-11-25-12)28-18(31)13(23)9-17(29)30/h10-11,13-16H,2-9,22-23H2,1H3,(H,24,25)(H,26,33)(H,27,32)(H,28,31)(H,29,30)(H,34,35). The van der Waals surface area contributed by atoms with Crippen molar-refractivity contribution in [2.45, 2.75) is 62.7 Å². The summed E-state index contributed by atoms with van der Waals surface area (Å²) in [6.45, 7) is 0.369. The van der Waals surface area contributed by atoms with Gasteiger partial charge in [0.15, 0.2) is 0 Å². The molecule has 15 heteroatoms. The van der Waals surface area contributed by atoms with E-state index in [1.165, 1.54) is 24.3 Å². The second-order valence-corrected chi connectivity index (χ2v) is 9.06. The quantitative estimate of drug-likeness (QED) is 0.0983. The lowest BCUT2D eigenvalue weighted by Crippen LogP contribution is -2.57. The molecule has 0 fully saturated rings. The highest BCUT2D eigenvalue weighted by molar-refractivity contribution is 7.98. The molecule has 202 valence electrons. The van der Waals surface area contributed by atoms with E-state index >= 15 is 0 Å². The first-order valence-electron chi connectivity index (χ1n) is 11.4. The number of H-pyrrole nitrogens is 1. The number of unbranched alkanes of at least 4 members (excludes halogenated alkanes) is 1. The zero-order valence-corrected chi connectivity index (χ0v) is 20.9. The Morgan fingerprint density at radius 2 is 1.64 bits per heavy atom. The van der Waals surface area contributed by atoms with Crippen LogP contribution >= 0.6 is 11.8 Å². The monoisotopic (exact) mass is 529 g/mol. The van der Waals surface area contributed by atoms with Gasteiger partial charge in [0, 0.05) is 18.3 Å². The van der Waals surface area contributed by atoms with Crippen LogP contribution in [-0.4, -0.2) is 92.6 Å². The van der Waals surface area contributed by atoms with Crippen LogP contribution in [0.2, 0.25) is 0 Å². The molecule has 0 saturated heterocycles. The van der Waals surface area contributed by atoms with Gasteiger partial charge in [0.2, 0.25) is 17.7 Å². The van der Waals surface area contributed by atoms with Gasteiger partial charge in [-0.25, -0.2) is 9.78 Å². The van der Waals surface area contributed by atoms with Crippen LogP contribution in [0.15, 0.2) is 12.5 Å². The van der Waals surface area contributed by atoms with Crippen molar-refractivity contribution in [1.82, 2.24) is 25.9 Å². The maximum atomic E-state index is 13.1. The molecule has 14 nitrogen and oxygen atoms in total. The number of carbonyl (C=O) groups excluding carboxylic acids is 3. The van der Waals surface area contributed by atoms with Crippen molar-refractivity contribution in [3.8, 4) is 0 Å². The Balaban J connectivity index is 3.03. The van der Waals surface area contributed by atoms with Crippen LogP contribution in [0.5, 0.6) is 0 Å². The Kier molecular flexibility index (Phi) is 14.1. The van der Waals surface area contributed by atoms with E-state index in [0.717, 1.165) is 0 Å². The number of rotatable bonds is 18. The first kappa shape index (κ1) is 30.9. The number of nitrogens with zero attached hydrogens (tertiary/aromatic N) is 1. The smallest absolute Gasteiger partial charge is 0.326 e. The highest BCUT2D eigenvalue weighted by atomic mass is 32.2. The molecule has 0 aliphatic heterocycles. The van der Waals surface area contributed by atoms with Gasteiger partial charge in [-0.15, -0.1) is 0 Å². The molecule has 36 heavy (non-hydrogen) atoms. The molecule has 1 aromatic rings. The normalized spacial score (nSPS) is 14.2. The maximum Gasteiger partial charge on any atom is 0.326 e. The van der Waals surface area contributed by atoms with Crippen molar-refractivity contribution < 1.29 is 34.2 Å². The van der Waals surface area contributed by atoms with Crippen LogP contribution in [0.1, 0.15) is 37.8 Å². The van der Waals surface area contributed by atoms with E-state index in [1.54, 1.807) is 0 Å². The first-order valence-corrected chi connectivity index (χ1v) is 12.8. The number of hydrogen-bond donors (Lipinski definition) is 8. The molecular weight excluding hydrogens is 494 g/mol. The SMILES string of the molecule is CSCCC(NC(=O)C(CCCCN)NC(=O)C(Cc1cnc[nH]1)NC(=O)C(N)CC(=O)O)C(=O)O. The maximum absolute atomic E-state index is 13.1. The molecule has 0 radical (unpaired) electrons. The molecule has 0 saturated carbocycles. The van der Waals surface area contributed by atoms with E-state index in [4.69, 9.17) is 16.6 Å². The highest BCUT2D eigenvalue weighted by Crippen LogP contribution is 2.07. The molecule has 3 amide bonds. The number of amides is 3. The van der Waals surface area contributed by atoms with Crippen LogP contribution in [0.4, 0.5) is 0 Å². The van der Waals surface area contributed by atoms with E-state index in [1.807, 2.05) is 6.26 Å². The van der Waals surface area contributed by atoms with Gasteiger partial charge in [0.25, 0.3) is 0 Å². The number of carbonyl (C=O) groups is 5. The number of carboxylic acids is 2.